The minimum atomic E-state index is -0.0303. The molecule has 1 amide bonds. The Morgan fingerprint density at radius 1 is 1.44 bits per heavy atom. The van der Waals surface area contributed by atoms with Crippen LogP contribution in [0.1, 0.15) is 6.92 Å². The lowest BCUT2D eigenvalue weighted by atomic mass is 10.4. The average molecular weight is 219 g/mol. The van der Waals surface area contributed by atoms with E-state index in [0.717, 1.165) is 11.3 Å². The topological polar surface area (TPSA) is 71.3 Å². The van der Waals surface area contributed by atoms with Crippen molar-refractivity contribution in [3.05, 3.63) is 24.7 Å². The van der Waals surface area contributed by atoms with E-state index in [0.29, 0.717) is 13.1 Å². The number of hydrogen-bond donors (Lipinski definition) is 2. The van der Waals surface area contributed by atoms with Gasteiger partial charge in [0.1, 0.15) is 5.52 Å². The van der Waals surface area contributed by atoms with Crippen LogP contribution in [0.25, 0.3) is 5.52 Å². The van der Waals surface area contributed by atoms with Crippen LogP contribution < -0.4 is 10.6 Å². The molecule has 0 aliphatic heterocycles. The van der Waals surface area contributed by atoms with Crippen molar-refractivity contribution in [2.75, 3.05) is 18.4 Å². The lowest BCUT2D eigenvalue weighted by molar-refractivity contribution is -0.118. The molecule has 6 nitrogen and oxygen atoms in total. The molecule has 2 heterocycles. The maximum atomic E-state index is 10.7. The molecule has 0 spiro atoms. The maximum absolute atomic E-state index is 10.7. The summed E-state index contributed by atoms with van der Waals surface area (Å²) in [6.07, 6.45) is 5.19. The number of rotatable bonds is 4. The average Bonchev–Trinajstić information content (AvgIpc) is 2.72. The van der Waals surface area contributed by atoms with E-state index in [1.54, 1.807) is 23.1 Å². The quantitative estimate of drug-likeness (QED) is 0.724. The molecule has 2 rings (SSSR count). The summed E-state index contributed by atoms with van der Waals surface area (Å²) in [6, 6.07) is 1.88. The van der Waals surface area contributed by atoms with Crippen LogP contribution in [0.2, 0.25) is 0 Å². The SMILES string of the molecule is CC(=O)NCCNc1nccn2nccc12. The van der Waals surface area contributed by atoms with Crippen LogP contribution in [-0.2, 0) is 4.79 Å². The summed E-state index contributed by atoms with van der Waals surface area (Å²) in [5.41, 5.74) is 0.922. The molecule has 0 saturated carbocycles. The Kier molecular flexibility index (Phi) is 3.00. The molecule has 2 aromatic heterocycles. The predicted molar refractivity (Wildman–Crippen MR) is 60.2 cm³/mol. The van der Waals surface area contributed by atoms with E-state index in [9.17, 15) is 4.79 Å². The van der Waals surface area contributed by atoms with E-state index < -0.39 is 0 Å². The lowest BCUT2D eigenvalue weighted by Gasteiger charge is -2.06. The summed E-state index contributed by atoms with van der Waals surface area (Å²) in [5, 5.41) is 9.95. The molecule has 0 aromatic carbocycles. The van der Waals surface area contributed by atoms with E-state index in [-0.39, 0.29) is 5.91 Å². The molecule has 0 bridgehead atoms. The van der Waals surface area contributed by atoms with E-state index >= 15 is 0 Å². The number of nitrogens with one attached hydrogen (secondary N) is 2. The third-order valence-electron chi connectivity index (χ3n) is 2.12. The summed E-state index contributed by atoms with van der Waals surface area (Å²) >= 11 is 0. The van der Waals surface area contributed by atoms with Crippen molar-refractivity contribution in [1.29, 1.82) is 0 Å². The first-order valence-electron chi connectivity index (χ1n) is 5.04. The van der Waals surface area contributed by atoms with Crippen molar-refractivity contribution >= 4 is 17.2 Å². The van der Waals surface area contributed by atoms with E-state index in [2.05, 4.69) is 20.7 Å². The van der Waals surface area contributed by atoms with Crippen molar-refractivity contribution < 1.29 is 4.79 Å². The van der Waals surface area contributed by atoms with E-state index in [1.165, 1.54) is 6.92 Å². The van der Waals surface area contributed by atoms with Gasteiger partial charge in [0.15, 0.2) is 5.82 Å². The summed E-state index contributed by atoms with van der Waals surface area (Å²) < 4.78 is 1.74. The Labute approximate surface area is 92.7 Å². The van der Waals surface area contributed by atoms with Crippen LogP contribution in [0.3, 0.4) is 0 Å². The van der Waals surface area contributed by atoms with E-state index in [1.807, 2.05) is 6.07 Å². The van der Waals surface area contributed by atoms with Crippen LogP contribution in [0.5, 0.6) is 0 Å². The number of hydrogen-bond acceptors (Lipinski definition) is 4. The molecule has 0 aliphatic rings. The van der Waals surface area contributed by atoms with Crippen molar-refractivity contribution in [2.45, 2.75) is 6.92 Å². The number of amides is 1. The molecule has 0 fully saturated rings. The molecular weight excluding hydrogens is 206 g/mol. The minimum Gasteiger partial charge on any atom is -0.367 e. The number of fused-ring (bicyclic) bond motifs is 1. The fraction of sp³-hybridized carbons (Fsp3) is 0.300. The number of nitrogens with zero attached hydrogens (tertiary/aromatic N) is 3. The van der Waals surface area contributed by atoms with Crippen molar-refractivity contribution in [2.24, 2.45) is 0 Å². The Hall–Kier alpha value is -2.11. The van der Waals surface area contributed by atoms with Crippen molar-refractivity contribution in [3.8, 4) is 0 Å². The molecule has 84 valence electrons. The smallest absolute Gasteiger partial charge is 0.216 e. The monoisotopic (exact) mass is 219 g/mol. The third-order valence-corrected chi connectivity index (χ3v) is 2.12. The third kappa shape index (κ3) is 2.28. The molecule has 2 N–H and O–H groups in total. The fourth-order valence-electron chi connectivity index (χ4n) is 1.41. The van der Waals surface area contributed by atoms with Gasteiger partial charge in [0.05, 0.1) is 6.20 Å². The Bertz CT molecular complexity index is 493. The highest BCUT2D eigenvalue weighted by atomic mass is 16.1. The van der Waals surface area contributed by atoms with Gasteiger partial charge in [-0.25, -0.2) is 9.50 Å². The summed E-state index contributed by atoms with van der Waals surface area (Å²) in [5.74, 6) is 0.739. The molecule has 0 radical (unpaired) electrons. The zero-order valence-corrected chi connectivity index (χ0v) is 8.97. The maximum Gasteiger partial charge on any atom is 0.216 e. The number of aromatic nitrogens is 3. The normalized spacial score (nSPS) is 10.3. The predicted octanol–water partition coefficient (Wildman–Crippen LogP) is 0.277. The second-order valence-electron chi connectivity index (χ2n) is 3.35. The first-order chi connectivity index (χ1) is 7.77. The number of carbonyl (C=O) groups excluding carboxylic acids is 1. The van der Waals surface area contributed by atoms with E-state index in [4.69, 9.17) is 0 Å². The van der Waals surface area contributed by atoms with Crippen LogP contribution in [-0.4, -0.2) is 33.6 Å². The van der Waals surface area contributed by atoms with Crippen LogP contribution >= 0.6 is 0 Å². The van der Waals surface area contributed by atoms with Gasteiger partial charge in [-0.3, -0.25) is 4.79 Å². The summed E-state index contributed by atoms with van der Waals surface area (Å²) in [6.45, 7) is 2.71. The molecule has 6 heteroatoms. The Balaban J connectivity index is 1.98. The van der Waals surface area contributed by atoms with Crippen LogP contribution in [0.15, 0.2) is 24.7 Å². The molecule has 0 unspecified atom stereocenters. The zero-order chi connectivity index (χ0) is 11.4. The molecule has 0 atom stereocenters. The fourth-order valence-corrected chi connectivity index (χ4v) is 1.41. The Morgan fingerprint density at radius 2 is 2.31 bits per heavy atom. The van der Waals surface area contributed by atoms with Gasteiger partial charge in [-0.2, -0.15) is 5.10 Å². The zero-order valence-electron chi connectivity index (χ0n) is 8.97. The molecular formula is C10H13N5O. The lowest BCUT2D eigenvalue weighted by Crippen LogP contribution is -2.26. The van der Waals surface area contributed by atoms with Gasteiger partial charge in [0, 0.05) is 32.4 Å². The van der Waals surface area contributed by atoms with Crippen molar-refractivity contribution in [1.82, 2.24) is 19.9 Å². The van der Waals surface area contributed by atoms with Gasteiger partial charge < -0.3 is 10.6 Å². The van der Waals surface area contributed by atoms with Gasteiger partial charge in [-0.1, -0.05) is 0 Å². The number of anilines is 1. The first-order valence-corrected chi connectivity index (χ1v) is 5.04. The highest BCUT2D eigenvalue weighted by Gasteiger charge is 2.01. The number of carbonyl (C=O) groups is 1. The van der Waals surface area contributed by atoms with Crippen LogP contribution in [0, 0.1) is 0 Å². The largest absolute Gasteiger partial charge is 0.367 e. The van der Waals surface area contributed by atoms with Crippen LogP contribution in [0.4, 0.5) is 5.82 Å². The molecule has 16 heavy (non-hydrogen) atoms. The van der Waals surface area contributed by atoms with Gasteiger partial charge >= 0.3 is 0 Å². The van der Waals surface area contributed by atoms with Gasteiger partial charge in [-0.05, 0) is 6.07 Å². The second kappa shape index (κ2) is 4.61. The highest BCUT2D eigenvalue weighted by Crippen LogP contribution is 2.11. The molecule has 0 saturated heterocycles. The second-order valence-corrected chi connectivity index (χ2v) is 3.35. The van der Waals surface area contributed by atoms with Crippen molar-refractivity contribution in [3.63, 3.8) is 0 Å². The Morgan fingerprint density at radius 3 is 3.12 bits per heavy atom. The standard InChI is InChI=1S/C10H13N5O/c1-8(16)11-4-5-12-10-9-2-3-14-15(9)7-6-13-10/h2-3,6-7H,4-5H2,1H3,(H,11,16)(H,12,13). The minimum absolute atomic E-state index is 0.0303. The summed E-state index contributed by atoms with van der Waals surface area (Å²) in [4.78, 5) is 14.9. The summed E-state index contributed by atoms with van der Waals surface area (Å²) in [7, 11) is 0. The molecule has 0 aliphatic carbocycles. The van der Waals surface area contributed by atoms with Gasteiger partial charge in [-0.15, -0.1) is 0 Å². The molecule has 2 aromatic rings. The van der Waals surface area contributed by atoms with Gasteiger partial charge in [0.2, 0.25) is 5.91 Å². The first kappa shape index (κ1) is 10.4. The highest BCUT2D eigenvalue weighted by molar-refractivity contribution is 5.73. The van der Waals surface area contributed by atoms with Gasteiger partial charge in [0.25, 0.3) is 0 Å².